The fourth-order valence-electron chi connectivity index (χ4n) is 3.56. The molecule has 0 saturated carbocycles. The van der Waals surface area contributed by atoms with Crippen LogP contribution in [0.1, 0.15) is 31.0 Å². The minimum atomic E-state index is -3.01. The molecule has 1 heterocycles. The van der Waals surface area contributed by atoms with Gasteiger partial charge in [0.15, 0.2) is 9.84 Å². The van der Waals surface area contributed by atoms with Crippen LogP contribution in [0.3, 0.4) is 0 Å². The van der Waals surface area contributed by atoms with Crippen LogP contribution < -0.4 is 5.32 Å². The number of amides is 1. The molecule has 2 aromatic rings. The molecule has 1 fully saturated rings. The van der Waals surface area contributed by atoms with Gasteiger partial charge < -0.3 is 5.32 Å². The Kier molecular flexibility index (Phi) is 6.81. The summed E-state index contributed by atoms with van der Waals surface area (Å²) in [6.45, 7) is 5.42. The van der Waals surface area contributed by atoms with Crippen molar-refractivity contribution in [2.75, 3.05) is 31.1 Å². The highest BCUT2D eigenvalue weighted by Crippen LogP contribution is 2.26. The zero-order valence-electron chi connectivity index (χ0n) is 16.8. The van der Waals surface area contributed by atoms with E-state index < -0.39 is 15.9 Å². The highest BCUT2D eigenvalue weighted by atomic mass is 79.9. The van der Waals surface area contributed by atoms with Crippen molar-refractivity contribution in [3.05, 3.63) is 70.2 Å². The largest absolute Gasteiger partial charge is 0.354 e. The molecule has 5 nitrogen and oxygen atoms in total. The second-order valence-corrected chi connectivity index (χ2v) is 11.3. The van der Waals surface area contributed by atoms with Crippen LogP contribution in [0.5, 0.6) is 0 Å². The topological polar surface area (TPSA) is 66.5 Å². The summed E-state index contributed by atoms with van der Waals surface area (Å²) in [6, 6.07) is 17.2. The Hall–Kier alpha value is -1.70. The quantitative estimate of drug-likeness (QED) is 0.691. The van der Waals surface area contributed by atoms with Gasteiger partial charge in [0.1, 0.15) is 6.04 Å². The van der Waals surface area contributed by atoms with Crippen molar-refractivity contribution in [2.45, 2.75) is 25.3 Å². The average Bonchev–Trinajstić information content (AvgIpc) is 2.69. The molecule has 1 N–H and O–H groups in total. The number of hydrogen-bond acceptors (Lipinski definition) is 4. The van der Waals surface area contributed by atoms with Crippen molar-refractivity contribution in [3.63, 3.8) is 0 Å². The SMILES string of the molecule is CC(C)(CNC(=O)C(c1ccccc1)N1CCS(=O)(=O)CC1)c1ccc(Br)cc1. The summed E-state index contributed by atoms with van der Waals surface area (Å²) in [7, 11) is -3.01. The maximum absolute atomic E-state index is 13.2. The Bertz CT molecular complexity index is 930. The van der Waals surface area contributed by atoms with E-state index in [1.54, 1.807) is 0 Å². The molecule has 0 spiro atoms. The summed E-state index contributed by atoms with van der Waals surface area (Å²) >= 11 is 3.45. The summed E-state index contributed by atoms with van der Waals surface area (Å²) in [4.78, 5) is 15.2. The number of rotatable bonds is 6. The first-order chi connectivity index (χ1) is 13.7. The predicted molar refractivity (Wildman–Crippen MR) is 120 cm³/mol. The van der Waals surface area contributed by atoms with E-state index in [2.05, 4.69) is 47.2 Å². The molecule has 0 bridgehead atoms. The number of nitrogens with zero attached hydrogens (tertiary/aromatic N) is 1. The van der Waals surface area contributed by atoms with E-state index in [1.807, 2.05) is 47.4 Å². The van der Waals surface area contributed by atoms with Crippen molar-refractivity contribution in [2.24, 2.45) is 0 Å². The van der Waals surface area contributed by atoms with Gasteiger partial charge >= 0.3 is 0 Å². The molecule has 2 aromatic carbocycles. The Balaban J connectivity index is 1.75. The normalized spacial score (nSPS) is 18.2. The molecule has 1 aliphatic heterocycles. The average molecular weight is 479 g/mol. The van der Waals surface area contributed by atoms with Crippen molar-refractivity contribution in [1.29, 1.82) is 0 Å². The van der Waals surface area contributed by atoms with Gasteiger partial charge in [-0.2, -0.15) is 0 Å². The minimum absolute atomic E-state index is 0.0913. The van der Waals surface area contributed by atoms with Crippen molar-refractivity contribution in [3.8, 4) is 0 Å². The van der Waals surface area contributed by atoms with Crippen molar-refractivity contribution >= 4 is 31.7 Å². The molecule has 0 aromatic heterocycles. The van der Waals surface area contributed by atoms with Gasteiger partial charge in [0.2, 0.25) is 5.91 Å². The summed E-state index contributed by atoms with van der Waals surface area (Å²) in [6.07, 6.45) is 0. The number of hydrogen-bond donors (Lipinski definition) is 1. The van der Waals surface area contributed by atoms with Crippen molar-refractivity contribution < 1.29 is 13.2 Å². The third-order valence-electron chi connectivity index (χ3n) is 5.44. The summed E-state index contributed by atoms with van der Waals surface area (Å²) < 4.78 is 24.7. The summed E-state index contributed by atoms with van der Waals surface area (Å²) in [5, 5.41) is 3.11. The maximum atomic E-state index is 13.2. The molecule has 0 aliphatic carbocycles. The molecule has 0 radical (unpaired) electrons. The molecule has 156 valence electrons. The van der Waals surface area contributed by atoms with E-state index in [0.29, 0.717) is 19.6 Å². The zero-order valence-corrected chi connectivity index (χ0v) is 19.2. The molecule has 1 saturated heterocycles. The van der Waals surface area contributed by atoms with Gasteiger partial charge in [-0.25, -0.2) is 8.42 Å². The second-order valence-electron chi connectivity index (χ2n) is 8.11. The lowest BCUT2D eigenvalue weighted by Crippen LogP contribution is -2.49. The number of carbonyl (C=O) groups is 1. The number of nitrogens with one attached hydrogen (secondary N) is 1. The van der Waals surface area contributed by atoms with E-state index in [9.17, 15) is 13.2 Å². The lowest BCUT2D eigenvalue weighted by atomic mass is 9.84. The molecule has 1 amide bonds. The lowest BCUT2D eigenvalue weighted by molar-refractivity contribution is -0.126. The van der Waals surface area contributed by atoms with Gasteiger partial charge in [-0.3, -0.25) is 9.69 Å². The molecule has 29 heavy (non-hydrogen) atoms. The molecule has 1 unspecified atom stereocenters. The van der Waals surface area contributed by atoms with Gasteiger partial charge in [-0.1, -0.05) is 72.2 Å². The zero-order chi connectivity index (χ0) is 21.1. The maximum Gasteiger partial charge on any atom is 0.241 e. The summed E-state index contributed by atoms with van der Waals surface area (Å²) in [5.41, 5.74) is 1.79. The second kappa shape index (κ2) is 8.98. The van der Waals surface area contributed by atoms with Crippen LogP contribution in [0.25, 0.3) is 0 Å². The predicted octanol–water partition coefficient (Wildman–Crippen LogP) is 3.31. The Morgan fingerprint density at radius 2 is 1.66 bits per heavy atom. The Labute approximate surface area is 181 Å². The first-order valence-electron chi connectivity index (χ1n) is 9.71. The van der Waals surface area contributed by atoms with Crippen LogP contribution in [0.15, 0.2) is 59.1 Å². The third-order valence-corrected chi connectivity index (χ3v) is 7.58. The number of benzene rings is 2. The molecule has 1 atom stereocenters. The standard InChI is InChI=1S/C22H27BrN2O3S/c1-22(2,18-8-10-19(23)11-9-18)16-24-21(26)20(17-6-4-3-5-7-17)25-12-14-29(27,28)15-13-25/h3-11,20H,12-16H2,1-2H3,(H,24,26). The molecule has 3 rings (SSSR count). The van der Waals surface area contributed by atoms with E-state index >= 15 is 0 Å². The highest BCUT2D eigenvalue weighted by molar-refractivity contribution is 9.10. The van der Waals surface area contributed by atoms with Crippen LogP contribution in [-0.4, -0.2) is 50.4 Å². The number of halogens is 1. The van der Waals surface area contributed by atoms with Gasteiger partial charge in [-0.15, -0.1) is 0 Å². The summed E-state index contributed by atoms with van der Waals surface area (Å²) in [5.74, 6) is 0.0860. The van der Waals surface area contributed by atoms with E-state index in [4.69, 9.17) is 0 Å². The third kappa shape index (κ3) is 5.68. The number of carbonyl (C=O) groups excluding carboxylic acids is 1. The monoisotopic (exact) mass is 478 g/mol. The minimum Gasteiger partial charge on any atom is -0.354 e. The highest BCUT2D eigenvalue weighted by Gasteiger charge is 2.33. The Morgan fingerprint density at radius 1 is 1.07 bits per heavy atom. The fourth-order valence-corrected chi connectivity index (χ4v) is 5.05. The Morgan fingerprint density at radius 3 is 2.24 bits per heavy atom. The van der Waals surface area contributed by atoms with Crippen LogP contribution >= 0.6 is 15.9 Å². The number of sulfone groups is 1. The van der Waals surface area contributed by atoms with E-state index in [0.717, 1.165) is 15.6 Å². The molecule has 7 heteroatoms. The first-order valence-corrected chi connectivity index (χ1v) is 12.3. The van der Waals surface area contributed by atoms with Gasteiger partial charge in [-0.05, 0) is 23.3 Å². The smallest absolute Gasteiger partial charge is 0.241 e. The van der Waals surface area contributed by atoms with Crippen molar-refractivity contribution in [1.82, 2.24) is 10.2 Å². The first kappa shape index (κ1) is 22.0. The molecular formula is C22H27BrN2O3S. The van der Waals surface area contributed by atoms with Gasteiger partial charge in [0.25, 0.3) is 0 Å². The van der Waals surface area contributed by atoms with Crippen LogP contribution in [0.2, 0.25) is 0 Å². The van der Waals surface area contributed by atoms with E-state index in [-0.39, 0.29) is 22.8 Å². The van der Waals surface area contributed by atoms with Crippen LogP contribution in [0, 0.1) is 0 Å². The van der Waals surface area contributed by atoms with Gasteiger partial charge in [0, 0.05) is 29.5 Å². The van der Waals surface area contributed by atoms with E-state index in [1.165, 1.54) is 0 Å². The van der Waals surface area contributed by atoms with Crippen LogP contribution in [0.4, 0.5) is 0 Å². The molecular weight excluding hydrogens is 452 g/mol. The molecule has 1 aliphatic rings. The fraction of sp³-hybridized carbons (Fsp3) is 0.409. The lowest BCUT2D eigenvalue weighted by Gasteiger charge is -2.35. The van der Waals surface area contributed by atoms with Gasteiger partial charge in [0.05, 0.1) is 11.5 Å². The van der Waals surface area contributed by atoms with Crippen LogP contribution in [-0.2, 0) is 20.0 Å².